The van der Waals surface area contributed by atoms with Crippen molar-refractivity contribution in [2.75, 3.05) is 26.8 Å². The standard InChI is InChI=1S/C14H19NO5/c1-3-10-4-5-12(20-10)14(17)15-6-7-19-11(9-15)8-13(16)18-2/h4-5,11H,3,6-9H2,1-2H3. The number of carbonyl (C=O) groups excluding carboxylic acids is 2. The van der Waals surface area contributed by atoms with Crippen LogP contribution in [0.4, 0.5) is 0 Å². The Bertz CT molecular complexity index is 482. The average Bonchev–Trinajstić information content (AvgIpc) is 2.95. The molecule has 0 aliphatic carbocycles. The van der Waals surface area contributed by atoms with Crippen molar-refractivity contribution in [3.05, 3.63) is 23.7 Å². The molecule has 1 fully saturated rings. The van der Waals surface area contributed by atoms with Crippen molar-refractivity contribution >= 4 is 11.9 Å². The third-order valence-electron chi connectivity index (χ3n) is 3.27. The number of rotatable bonds is 4. The number of esters is 1. The van der Waals surface area contributed by atoms with Crippen molar-refractivity contribution in [1.29, 1.82) is 0 Å². The Morgan fingerprint density at radius 3 is 2.90 bits per heavy atom. The zero-order valence-corrected chi connectivity index (χ0v) is 11.8. The van der Waals surface area contributed by atoms with Gasteiger partial charge in [0.1, 0.15) is 5.76 Å². The Labute approximate surface area is 117 Å². The smallest absolute Gasteiger partial charge is 0.308 e. The van der Waals surface area contributed by atoms with E-state index >= 15 is 0 Å². The lowest BCUT2D eigenvalue weighted by Crippen LogP contribution is -2.46. The number of furan rings is 1. The molecule has 1 atom stereocenters. The van der Waals surface area contributed by atoms with Crippen LogP contribution in [0.2, 0.25) is 0 Å². The first-order valence-electron chi connectivity index (χ1n) is 6.70. The highest BCUT2D eigenvalue weighted by molar-refractivity contribution is 5.91. The summed E-state index contributed by atoms with van der Waals surface area (Å²) < 4.78 is 15.5. The van der Waals surface area contributed by atoms with Gasteiger partial charge < -0.3 is 18.8 Å². The van der Waals surface area contributed by atoms with Crippen LogP contribution < -0.4 is 0 Å². The third-order valence-corrected chi connectivity index (χ3v) is 3.27. The molecule has 0 radical (unpaired) electrons. The average molecular weight is 281 g/mol. The SMILES string of the molecule is CCc1ccc(C(=O)N2CCOC(CC(=O)OC)C2)o1. The third kappa shape index (κ3) is 3.39. The number of ether oxygens (including phenoxy) is 2. The van der Waals surface area contributed by atoms with Crippen LogP contribution in [0, 0.1) is 0 Å². The Morgan fingerprint density at radius 2 is 2.25 bits per heavy atom. The fourth-order valence-electron chi connectivity index (χ4n) is 2.14. The van der Waals surface area contributed by atoms with Gasteiger partial charge in [-0.2, -0.15) is 0 Å². The summed E-state index contributed by atoms with van der Waals surface area (Å²) >= 11 is 0. The monoisotopic (exact) mass is 281 g/mol. The molecular formula is C14H19NO5. The Hall–Kier alpha value is -1.82. The molecule has 2 rings (SSSR count). The topological polar surface area (TPSA) is 69.0 Å². The van der Waals surface area contributed by atoms with Gasteiger partial charge >= 0.3 is 5.97 Å². The summed E-state index contributed by atoms with van der Waals surface area (Å²) in [5.41, 5.74) is 0. The van der Waals surface area contributed by atoms with Crippen molar-refractivity contribution in [3.8, 4) is 0 Å². The number of morpholine rings is 1. The number of methoxy groups -OCH3 is 1. The van der Waals surface area contributed by atoms with E-state index < -0.39 is 0 Å². The molecular weight excluding hydrogens is 262 g/mol. The van der Waals surface area contributed by atoms with Gasteiger partial charge in [-0.3, -0.25) is 9.59 Å². The molecule has 1 aliphatic heterocycles. The van der Waals surface area contributed by atoms with Gasteiger partial charge in [0.15, 0.2) is 5.76 Å². The van der Waals surface area contributed by atoms with Crippen molar-refractivity contribution in [2.24, 2.45) is 0 Å². The molecule has 2 heterocycles. The van der Waals surface area contributed by atoms with Gasteiger partial charge in [0.05, 0.1) is 26.2 Å². The normalized spacial score (nSPS) is 18.9. The van der Waals surface area contributed by atoms with Crippen LogP contribution in [0.5, 0.6) is 0 Å². The van der Waals surface area contributed by atoms with E-state index in [1.54, 1.807) is 17.0 Å². The van der Waals surface area contributed by atoms with E-state index in [9.17, 15) is 9.59 Å². The molecule has 1 aliphatic rings. The van der Waals surface area contributed by atoms with Gasteiger partial charge in [-0.15, -0.1) is 0 Å². The molecule has 6 heteroatoms. The van der Waals surface area contributed by atoms with E-state index in [4.69, 9.17) is 9.15 Å². The second kappa shape index (κ2) is 6.56. The number of carbonyl (C=O) groups is 2. The summed E-state index contributed by atoms with van der Waals surface area (Å²) in [6.07, 6.45) is 0.584. The zero-order valence-electron chi connectivity index (χ0n) is 11.8. The van der Waals surface area contributed by atoms with Crippen LogP contribution in [-0.2, 0) is 20.7 Å². The summed E-state index contributed by atoms with van der Waals surface area (Å²) in [7, 11) is 1.34. The number of amides is 1. The molecule has 0 saturated carbocycles. The number of hydrogen-bond acceptors (Lipinski definition) is 5. The maximum Gasteiger partial charge on any atom is 0.308 e. The molecule has 0 bridgehead atoms. The van der Waals surface area contributed by atoms with E-state index in [2.05, 4.69) is 4.74 Å². The Kier molecular flexibility index (Phi) is 4.79. The van der Waals surface area contributed by atoms with E-state index in [0.717, 1.165) is 12.2 Å². The minimum absolute atomic E-state index is 0.151. The Morgan fingerprint density at radius 1 is 1.45 bits per heavy atom. The van der Waals surface area contributed by atoms with Crippen LogP contribution in [0.15, 0.2) is 16.5 Å². The highest BCUT2D eigenvalue weighted by atomic mass is 16.5. The lowest BCUT2D eigenvalue weighted by Gasteiger charge is -2.31. The molecule has 0 spiro atoms. The predicted molar refractivity (Wildman–Crippen MR) is 70.4 cm³/mol. The first-order chi connectivity index (χ1) is 9.63. The summed E-state index contributed by atoms with van der Waals surface area (Å²) in [4.78, 5) is 25.2. The van der Waals surface area contributed by atoms with E-state index in [0.29, 0.717) is 25.5 Å². The fourth-order valence-corrected chi connectivity index (χ4v) is 2.14. The van der Waals surface area contributed by atoms with Crippen molar-refractivity contribution in [2.45, 2.75) is 25.9 Å². The quantitative estimate of drug-likeness (QED) is 0.777. The minimum Gasteiger partial charge on any atom is -0.469 e. The minimum atomic E-state index is -0.337. The van der Waals surface area contributed by atoms with Crippen molar-refractivity contribution < 1.29 is 23.5 Å². The maximum atomic E-state index is 12.3. The molecule has 1 aromatic heterocycles. The molecule has 20 heavy (non-hydrogen) atoms. The van der Waals surface area contributed by atoms with Crippen LogP contribution in [-0.4, -0.2) is 49.7 Å². The molecule has 0 N–H and O–H groups in total. The summed E-state index contributed by atoms with van der Waals surface area (Å²) in [6, 6.07) is 3.49. The second-order valence-corrected chi connectivity index (χ2v) is 4.64. The van der Waals surface area contributed by atoms with E-state index in [1.807, 2.05) is 6.92 Å². The first kappa shape index (κ1) is 14.6. The molecule has 1 amide bonds. The zero-order chi connectivity index (χ0) is 14.5. The largest absolute Gasteiger partial charge is 0.469 e. The van der Waals surface area contributed by atoms with Gasteiger partial charge in [0.2, 0.25) is 0 Å². The first-order valence-corrected chi connectivity index (χ1v) is 6.70. The molecule has 6 nitrogen and oxygen atoms in total. The van der Waals surface area contributed by atoms with Gasteiger partial charge in [0, 0.05) is 19.5 Å². The van der Waals surface area contributed by atoms with E-state index in [-0.39, 0.29) is 24.4 Å². The Balaban J connectivity index is 1.97. The molecule has 1 saturated heterocycles. The molecule has 1 aromatic rings. The lowest BCUT2D eigenvalue weighted by molar-refractivity contribution is -0.145. The highest BCUT2D eigenvalue weighted by Crippen LogP contribution is 2.15. The van der Waals surface area contributed by atoms with E-state index in [1.165, 1.54) is 7.11 Å². The number of nitrogens with zero attached hydrogens (tertiary/aromatic N) is 1. The van der Waals surface area contributed by atoms with Gasteiger partial charge in [0.25, 0.3) is 5.91 Å². The van der Waals surface area contributed by atoms with Gasteiger partial charge in [-0.25, -0.2) is 0 Å². The predicted octanol–water partition coefficient (Wildman–Crippen LogP) is 1.25. The number of hydrogen-bond donors (Lipinski definition) is 0. The van der Waals surface area contributed by atoms with Crippen molar-refractivity contribution in [3.63, 3.8) is 0 Å². The summed E-state index contributed by atoms with van der Waals surface area (Å²) in [5.74, 6) is 0.617. The van der Waals surface area contributed by atoms with Crippen molar-refractivity contribution in [1.82, 2.24) is 4.90 Å². The van der Waals surface area contributed by atoms with Crippen LogP contribution in [0.3, 0.4) is 0 Å². The van der Waals surface area contributed by atoms with Crippen LogP contribution in [0.1, 0.15) is 29.7 Å². The van der Waals surface area contributed by atoms with Crippen LogP contribution in [0.25, 0.3) is 0 Å². The summed E-state index contributed by atoms with van der Waals surface area (Å²) in [5, 5.41) is 0. The highest BCUT2D eigenvalue weighted by Gasteiger charge is 2.28. The lowest BCUT2D eigenvalue weighted by atomic mass is 10.2. The van der Waals surface area contributed by atoms with Gasteiger partial charge in [-0.1, -0.05) is 6.92 Å². The summed E-state index contributed by atoms with van der Waals surface area (Å²) in [6.45, 7) is 3.25. The number of aryl methyl sites for hydroxylation is 1. The molecule has 1 unspecified atom stereocenters. The van der Waals surface area contributed by atoms with Gasteiger partial charge in [-0.05, 0) is 12.1 Å². The molecule has 110 valence electrons. The fraction of sp³-hybridized carbons (Fsp3) is 0.571. The molecule has 0 aromatic carbocycles. The van der Waals surface area contributed by atoms with Crippen LogP contribution >= 0.6 is 0 Å². The maximum absolute atomic E-state index is 12.3. The second-order valence-electron chi connectivity index (χ2n) is 4.64.